The molecule has 0 aliphatic carbocycles. The lowest BCUT2D eigenvalue weighted by Crippen LogP contribution is -2.40. The highest BCUT2D eigenvalue weighted by molar-refractivity contribution is 6.02. The Morgan fingerprint density at radius 3 is 2.59 bits per heavy atom. The molecule has 0 saturated carbocycles. The third kappa shape index (κ3) is 3.40. The molecule has 0 atom stereocenters. The minimum atomic E-state index is -0.606. The number of ether oxygens (including phenoxy) is 1. The monoisotopic (exact) mass is 367 g/mol. The van der Waals surface area contributed by atoms with Crippen molar-refractivity contribution >= 4 is 17.0 Å². The van der Waals surface area contributed by atoms with E-state index in [0.717, 1.165) is 15.7 Å². The van der Waals surface area contributed by atoms with Crippen molar-refractivity contribution in [1.29, 1.82) is 0 Å². The van der Waals surface area contributed by atoms with E-state index in [4.69, 9.17) is 4.74 Å². The van der Waals surface area contributed by atoms with Crippen molar-refractivity contribution in [3.8, 4) is 0 Å². The Kier molecular flexibility index (Phi) is 4.94. The third-order valence-electron chi connectivity index (χ3n) is 4.34. The van der Waals surface area contributed by atoms with Crippen molar-refractivity contribution in [3.05, 3.63) is 73.6 Å². The largest absolute Gasteiger partial charge is 0.462 e. The molecule has 3 aromatic rings. The normalized spacial score (nSPS) is 11.0. The van der Waals surface area contributed by atoms with E-state index < -0.39 is 17.2 Å². The van der Waals surface area contributed by atoms with Gasteiger partial charge in [-0.2, -0.15) is 0 Å². The van der Waals surface area contributed by atoms with E-state index >= 15 is 0 Å². The highest BCUT2D eigenvalue weighted by Crippen LogP contribution is 2.15. The van der Waals surface area contributed by atoms with E-state index in [9.17, 15) is 14.4 Å². The fraction of sp³-hybridized carbons (Fsp3) is 0.300. The number of fused-ring (bicyclic) bond motifs is 1. The lowest BCUT2D eigenvalue weighted by Gasteiger charge is -2.13. The molecular weight excluding hydrogens is 346 g/mol. The number of rotatable bonds is 4. The summed E-state index contributed by atoms with van der Waals surface area (Å²) in [6.07, 6.45) is 0. The van der Waals surface area contributed by atoms with Crippen LogP contribution in [0.25, 0.3) is 11.0 Å². The molecule has 27 heavy (non-hydrogen) atoms. The van der Waals surface area contributed by atoms with Crippen LogP contribution in [-0.2, 0) is 18.3 Å². The summed E-state index contributed by atoms with van der Waals surface area (Å²) >= 11 is 0. The average Bonchev–Trinajstić information content (AvgIpc) is 2.63. The number of esters is 1. The number of carbonyl (C=O) groups is 1. The van der Waals surface area contributed by atoms with Gasteiger partial charge in [0.05, 0.1) is 24.1 Å². The lowest BCUT2D eigenvalue weighted by atomic mass is 10.1. The summed E-state index contributed by atoms with van der Waals surface area (Å²) in [7, 11) is 1.54. The summed E-state index contributed by atoms with van der Waals surface area (Å²) in [4.78, 5) is 42.6. The summed E-state index contributed by atoms with van der Waals surface area (Å²) in [6, 6.07) is 9.09. The van der Waals surface area contributed by atoms with Crippen LogP contribution in [0, 0.1) is 13.8 Å². The molecule has 2 heterocycles. The van der Waals surface area contributed by atoms with E-state index in [-0.39, 0.29) is 29.7 Å². The van der Waals surface area contributed by atoms with Crippen LogP contribution in [0.3, 0.4) is 0 Å². The van der Waals surface area contributed by atoms with Gasteiger partial charge in [0, 0.05) is 12.7 Å². The van der Waals surface area contributed by atoms with Crippen molar-refractivity contribution in [2.75, 3.05) is 6.61 Å². The highest BCUT2D eigenvalue weighted by atomic mass is 16.5. The first-order valence-corrected chi connectivity index (χ1v) is 8.67. The number of carbonyl (C=O) groups excluding carboxylic acids is 1. The molecule has 0 fully saturated rings. The van der Waals surface area contributed by atoms with Gasteiger partial charge in [0.15, 0.2) is 0 Å². The maximum absolute atomic E-state index is 13.1. The third-order valence-corrected chi connectivity index (χ3v) is 4.34. The topological polar surface area (TPSA) is 83.2 Å². The Morgan fingerprint density at radius 2 is 1.93 bits per heavy atom. The molecule has 0 aliphatic heterocycles. The van der Waals surface area contributed by atoms with Crippen molar-refractivity contribution in [2.24, 2.45) is 7.05 Å². The van der Waals surface area contributed by atoms with Crippen LogP contribution in [0.1, 0.15) is 34.1 Å². The molecule has 7 heteroatoms. The molecule has 0 saturated heterocycles. The van der Waals surface area contributed by atoms with Gasteiger partial charge in [-0.15, -0.1) is 0 Å². The van der Waals surface area contributed by atoms with Crippen LogP contribution >= 0.6 is 0 Å². The van der Waals surface area contributed by atoms with Gasteiger partial charge in [-0.25, -0.2) is 14.6 Å². The Morgan fingerprint density at radius 1 is 1.19 bits per heavy atom. The minimum absolute atomic E-state index is 0.0915. The number of benzene rings is 1. The number of aryl methyl sites for hydroxylation is 3. The molecular formula is C20H21N3O4. The first-order valence-electron chi connectivity index (χ1n) is 8.67. The maximum Gasteiger partial charge on any atom is 0.339 e. The second kappa shape index (κ2) is 7.19. The zero-order valence-corrected chi connectivity index (χ0v) is 15.8. The Bertz CT molecular complexity index is 1160. The van der Waals surface area contributed by atoms with Crippen molar-refractivity contribution in [1.82, 2.24) is 14.1 Å². The molecule has 2 aromatic heterocycles. The van der Waals surface area contributed by atoms with Crippen LogP contribution in [0.2, 0.25) is 0 Å². The predicted octanol–water partition coefficient (Wildman–Crippen LogP) is 1.94. The Labute approximate surface area is 155 Å². The van der Waals surface area contributed by atoms with Gasteiger partial charge < -0.3 is 4.74 Å². The quantitative estimate of drug-likeness (QED) is 0.658. The molecule has 0 amide bonds. The van der Waals surface area contributed by atoms with E-state index in [2.05, 4.69) is 4.98 Å². The molecule has 0 unspecified atom stereocenters. The molecule has 140 valence electrons. The fourth-order valence-electron chi connectivity index (χ4n) is 3.11. The van der Waals surface area contributed by atoms with Gasteiger partial charge in [-0.1, -0.05) is 29.8 Å². The molecule has 3 rings (SSSR count). The van der Waals surface area contributed by atoms with Gasteiger partial charge in [0.25, 0.3) is 5.56 Å². The van der Waals surface area contributed by atoms with Crippen LogP contribution < -0.4 is 11.2 Å². The first-order chi connectivity index (χ1) is 12.8. The van der Waals surface area contributed by atoms with Crippen LogP contribution in [0.15, 0.2) is 39.9 Å². The Hall–Kier alpha value is -3.22. The van der Waals surface area contributed by atoms with Crippen molar-refractivity contribution < 1.29 is 9.53 Å². The first kappa shape index (κ1) is 18.6. The van der Waals surface area contributed by atoms with E-state index in [1.165, 1.54) is 17.7 Å². The number of pyridine rings is 1. The van der Waals surface area contributed by atoms with Crippen LogP contribution in [-0.4, -0.2) is 26.7 Å². The van der Waals surface area contributed by atoms with Crippen molar-refractivity contribution in [2.45, 2.75) is 27.3 Å². The average molecular weight is 367 g/mol. The molecule has 0 spiro atoms. The molecule has 0 N–H and O–H groups in total. The molecule has 0 radical (unpaired) electrons. The molecule has 0 bridgehead atoms. The molecule has 7 nitrogen and oxygen atoms in total. The maximum atomic E-state index is 13.1. The number of aromatic nitrogens is 3. The van der Waals surface area contributed by atoms with Crippen LogP contribution in [0.4, 0.5) is 0 Å². The summed E-state index contributed by atoms with van der Waals surface area (Å²) in [5, 5.41) is 0.0915. The SMILES string of the molecule is CCOC(=O)c1cc(C)nc2c1c(=O)n(Cc1cccc(C)c1)c(=O)n2C. The van der Waals surface area contributed by atoms with E-state index in [0.29, 0.717) is 5.69 Å². The van der Waals surface area contributed by atoms with Gasteiger partial charge in [-0.05, 0) is 32.4 Å². The zero-order chi connectivity index (χ0) is 19.7. The number of hydrogen-bond donors (Lipinski definition) is 0. The Balaban J connectivity index is 2.32. The minimum Gasteiger partial charge on any atom is -0.462 e. The lowest BCUT2D eigenvalue weighted by molar-refractivity contribution is 0.0528. The van der Waals surface area contributed by atoms with Gasteiger partial charge in [-0.3, -0.25) is 13.9 Å². The van der Waals surface area contributed by atoms with Gasteiger partial charge in [0.1, 0.15) is 5.65 Å². The predicted molar refractivity (Wildman–Crippen MR) is 102 cm³/mol. The zero-order valence-electron chi connectivity index (χ0n) is 15.8. The van der Waals surface area contributed by atoms with Crippen LogP contribution in [0.5, 0.6) is 0 Å². The summed E-state index contributed by atoms with van der Waals surface area (Å²) in [5.41, 5.74) is 1.64. The summed E-state index contributed by atoms with van der Waals surface area (Å²) in [6.45, 7) is 5.63. The summed E-state index contributed by atoms with van der Waals surface area (Å²) < 4.78 is 7.50. The van der Waals surface area contributed by atoms with Crippen molar-refractivity contribution in [3.63, 3.8) is 0 Å². The van der Waals surface area contributed by atoms with Gasteiger partial charge in [0.2, 0.25) is 0 Å². The number of hydrogen-bond acceptors (Lipinski definition) is 5. The molecule has 0 aliphatic rings. The molecule has 1 aromatic carbocycles. The standard InChI is InChI=1S/C20H21N3O4/c1-5-27-19(25)15-10-13(3)21-17-16(15)18(24)23(20(26)22(17)4)11-14-8-6-7-12(2)9-14/h6-10H,5,11H2,1-4H3. The fourth-order valence-corrected chi connectivity index (χ4v) is 3.11. The van der Waals surface area contributed by atoms with E-state index in [1.54, 1.807) is 13.8 Å². The van der Waals surface area contributed by atoms with Gasteiger partial charge >= 0.3 is 11.7 Å². The highest BCUT2D eigenvalue weighted by Gasteiger charge is 2.21. The number of nitrogens with zero attached hydrogens (tertiary/aromatic N) is 3. The second-order valence-electron chi connectivity index (χ2n) is 6.45. The summed E-state index contributed by atoms with van der Waals surface area (Å²) in [5.74, 6) is -0.606. The second-order valence-corrected chi connectivity index (χ2v) is 6.45. The van der Waals surface area contributed by atoms with E-state index in [1.807, 2.05) is 31.2 Å². The smallest absolute Gasteiger partial charge is 0.339 e.